The minimum absolute atomic E-state index is 0.160. The summed E-state index contributed by atoms with van der Waals surface area (Å²) in [6.07, 6.45) is 1.15. The summed E-state index contributed by atoms with van der Waals surface area (Å²) in [7, 11) is -3.94. The highest BCUT2D eigenvalue weighted by Gasteiger charge is 2.16. The zero-order valence-corrected chi connectivity index (χ0v) is 10.8. The molecule has 0 spiro atoms. The summed E-state index contributed by atoms with van der Waals surface area (Å²) in [5.74, 6) is -1.11. The van der Waals surface area contributed by atoms with Gasteiger partial charge in [-0.1, -0.05) is 6.07 Å². The topological polar surface area (TPSA) is 78.0 Å². The van der Waals surface area contributed by atoms with Gasteiger partial charge in [-0.3, -0.25) is 0 Å². The van der Waals surface area contributed by atoms with Gasteiger partial charge < -0.3 is 4.57 Å². The second-order valence-corrected chi connectivity index (χ2v) is 5.51. The molecule has 0 atom stereocenters. The Hall–Kier alpha value is -1.80. The van der Waals surface area contributed by atoms with Gasteiger partial charge in [0.05, 0.1) is 6.54 Å². The van der Waals surface area contributed by atoms with Crippen molar-refractivity contribution in [2.24, 2.45) is 5.14 Å². The SMILES string of the molecule is Cc1nc(S(N)(=O)=O)cn1Cc1c(F)cccc1F. The summed E-state index contributed by atoms with van der Waals surface area (Å²) in [6, 6.07) is 3.52. The van der Waals surface area contributed by atoms with Crippen molar-refractivity contribution in [1.29, 1.82) is 0 Å². The van der Waals surface area contributed by atoms with Gasteiger partial charge in [-0.2, -0.15) is 0 Å². The van der Waals surface area contributed by atoms with Crippen LogP contribution in [-0.2, 0) is 16.6 Å². The molecule has 0 amide bonds. The van der Waals surface area contributed by atoms with E-state index in [2.05, 4.69) is 4.98 Å². The third-order valence-corrected chi connectivity index (χ3v) is 3.42. The van der Waals surface area contributed by atoms with Crippen LogP contribution < -0.4 is 5.14 Å². The number of hydrogen-bond donors (Lipinski definition) is 1. The van der Waals surface area contributed by atoms with Crippen molar-refractivity contribution in [3.63, 3.8) is 0 Å². The van der Waals surface area contributed by atoms with Gasteiger partial charge in [-0.15, -0.1) is 0 Å². The number of nitrogens with two attached hydrogens (primary N) is 1. The van der Waals surface area contributed by atoms with Gasteiger partial charge in [-0.05, 0) is 19.1 Å². The zero-order valence-electron chi connectivity index (χ0n) is 9.97. The molecule has 0 aliphatic carbocycles. The number of halogens is 2. The number of aryl methyl sites for hydroxylation is 1. The first-order valence-electron chi connectivity index (χ1n) is 5.28. The number of hydrogen-bond acceptors (Lipinski definition) is 3. The Labute approximate surface area is 108 Å². The maximum Gasteiger partial charge on any atom is 0.257 e. The Morgan fingerprint density at radius 1 is 1.32 bits per heavy atom. The standard InChI is InChI=1S/C11H11F2N3O2S/c1-7-15-11(19(14,17)18)6-16(7)5-8-9(12)3-2-4-10(8)13/h2-4,6H,5H2,1H3,(H2,14,17,18). The van der Waals surface area contributed by atoms with Gasteiger partial charge in [0.2, 0.25) is 0 Å². The van der Waals surface area contributed by atoms with Crippen molar-refractivity contribution in [2.75, 3.05) is 0 Å². The number of aromatic nitrogens is 2. The molecule has 2 N–H and O–H groups in total. The lowest BCUT2D eigenvalue weighted by atomic mass is 10.2. The Morgan fingerprint density at radius 3 is 2.37 bits per heavy atom. The average molecular weight is 287 g/mol. The Balaban J connectivity index is 2.42. The highest BCUT2D eigenvalue weighted by Crippen LogP contribution is 2.16. The normalized spacial score (nSPS) is 11.8. The van der Waals surface area contributed by atoms with Gasteiger partial charge in [-0.25, -0.2) is 27.3 Å². The number of benzene rings is 1. The van der Waals surface area contributed by atoms with E-state index < -0.39 is 21.7 Å². The van der Waals surface area contributed by atoms with Crippen LogP contribution in [0, 0.1) is 18.6 Å². The minimum atomic E-state index is -3.94. The third-order valence-electron chi connectivity index (χ3n) is 2.64. The molecule has 2 aromatic rings. The average Bonchev–Trinajstić information content (AvgIpc) is 2.65. The monoisotopic (exact) mass is 287 g/mol. The molecule has 0 aliphatic heterocycles. The number of rotatable bonds is 3. The van der Waals surface area contributed by atoms with E-state index in [4.69, 9.17) is 5.14 Å². The van der Waals surface area contributed by atoms with Crippen LogP contribution in [0.2, 0.25) is 0 Å². The first-order valence-corrected chi connectivity index (χ1v) is 6.83. The van der Waals surface area contributed by atoms with E-state index in [1.807, 2.05) is 0 Å². The molecule has 5 nitrogen and oxygen atoms in total. The first-order chi connectivity index (χ1) is 8.79. The molecule has 0 saturated heterocycles. The molecule has 0 fully saturated rings. The van der Waals surface area contributed by atoms with Gasteiger partial charge in [0.15, 0.2) is 5.03 Å². The zero-order chi connectivity index (χ0) is 14.2. The fourth-order valence-electron chi connectivity index (χ4n) is 1.63. The molecule has 0 radical (unpaired) electrons. The lowest BCUT2D eigenvalue weighted by molar-refractivity contribution is 0.542. The van der Waals surface area contributed by atoms with E-state index in [0.29, 0.717) is 5.82 Å². The second-order valence-electron chi connectivity index (χ2n) is 4.00. The molecule has 19 heavy (non-hydrogen) atoms. The van der Waals surface area contributed by atoms with Crippen molar-refractivity contribution in [2.45, 2.75) is 18.5 Å². The van der Waals surface area contributed by atoms with E-state index in [9.17, 15) is 17.2 Å². The maximum atomic E-state index is 13.5. The smallest absolute Gasteiger partial charge is 0.257 e. The fraction of sp³-hybridized carbons (Fsp3) is 0.182. The van der Waals surface area contributed by atoms with Gasteiger partial charge in [0, 0.05) is 11.8 Å². The minimum Gasteiger partial charge on any atom is -0.329 e. The van der Waals surface area contributed by atoms with E-state index in [1.165, 1.54) is 17.6 Å². The summed E-state index contributed by atoms with van der Waals surface area (Å²) >= 11 is 0. The quantitative estimate of drug-likeness (QED) is 0.920. The first kappa shape index (κ1) is 13.6. The summed E-state index contributed by atoms with van der Waals surface area (Å²) in [4.78, 5) is 3.74. The van der Waals surface area contributed by atoms with Gasteiger partial charge in [0.1, 0.15) is 17.5 Å². The molecule has 1 aromatic heterocycles. The van der Waals surface area contributed by atoms with Gasteiger partial charge >= 0.3 is 0 Å². The second kappa shape index (κ2) is 4.71. The van der Waals surface area contributed by atoms with Crippen LogP contribution in [0.1, 0.15) is 11.4 Å². The summed E-state index contributed by atoms with van der Waals surface area (Å²) in [6.45, 7) is 1.36. The molecule has 102 valence electrons. The Bertz CT molecular complexity index is 705. The number of imidazole rings is 1. The molecule has 1 aromatic carbocycles. The lowest BCUT2D eigenvalue weighted by Crippen LogP contribution is -2.12. The predicted molar refractivity (Wildman–Crippen MR) is 63.8 cm³/mol. The molecule has 0 aliphatic rings. The summed E-state index contributed by atoms with van der Waals surface area (Å²) < 4.78 is 50.6. The number of nitrogens with zero attached hydrogens (tertiary/aromatic N) is 2. The van der Waals surface area contributed by atoms with Crippen LogP contribution in [0.3, 0.4) is 0 Å². The van der Waals surface area contributed by atoms with E-state index in [0.717, 1.165) is 18.3 Å². The van der Waals surface area contributed by atoms with Crippen LogP contribution in [0.4, 0.5) is 8.78 Å². The van der Waals surface area contributed by atoms with Crippen LogP contribution >= 0.6 is 0 Å². The summed E-state index contributed by atoms with van der Waals surface area (Å²) in [5, 5.41) is 4.61. The van der Waals surface area contributed by atoms with Crippen LogP contribution in [-0.4, -0.2) is 18.0 Å². The third kappa shape index (κ3) is 2.79. The Kier molecular flexibility index (Phi) is 3.38. The molecule has 2 rings (SSSR count). The van der Waals surface area contributed by atoms with Crippen LogP contribution in [0.15, 0.2) is 29.4 Å². The molecule has 8 heteroatoms. The molecule has 0 bridgehead atoms. The van der Waals surface area contributed by atoms with Crippen molar-refractivity contribution >= 4 is 10.0 Å². The van der Waals surface area contributed by atoms with E-state index in [-0.39, 0.29) is 17.1 Å². The van der Waals surface area contributed by atoms with E-state index in [1.54, 1.807) is 0 Å². The van der Waals surface area contributed by atoms with E-state index >= 15 is 0 Å². The Morgan fingerprint density at radius 2 is 1.89 bits per heavy atom. The fourth-order valence-corrected chi connectivity index (χ4v) is 2.16. The van der Waals surface area contributed by atoms with Gasteiger partial charge in [0.25, 0.3) is 10.0 Å². The molecule has 0 unspecified atom stereocenters. The van der Waals surface area contributed by atoms with Crippen LogP contribution in [0.25, 0.3) is 0 Å². The highest BCUT2D eigenvalue weighted by molar-refractivity contribution is 7.89. The van der Waals surface area contributed by atoms with Crippen molar-refractivity contribution in [1.82, 2.24) is 9.55 Å². The highest BCUT2D eigenvalue weighted by atomic mass is 32.2. The molecule has 1 heterocycles. The molecular formula is C11H11F2N3O2S. The molecular weight excluding hydrogens is 276 g/mol. The maximum absolute atomic E-state index is 13.5. The number of primary sulfonamides is 1. The number of sulfonamides is 1. The van der Waals surface area contributed by atoms with Crippen LogP contribution in [0.5, 0.6) is 0 Å². The predicted octanol–water partition coefficient (Wildman–Crippen LogP) is 1.17. The largest absolute Gasteiger partial charge is 0.329 e. The lowest BCUT2D eigenvalue weighted by Gasteiger charge is -2.07. The summed E-state index contributed by atoms with van der Waals surface area (Å²) in [5.41, 5.74) is -0.163. The van der Waals surface area contributed by atoms with Crippen molar-refractivity contribution in [3.8, 4) is 0 Å². The van der Waals surface area contributed by atoms with Crippen molar-refractivity contribution in [3.05, 3.63) is 47.4 Å². The molecule has 0 saturated carbocycles. The van der Waals surface area contributed by atoms with Crippen molar-refractivity contribution < 1.29 is 17.2 Å².